The summed E-state index contributed by atoms with van der Waals surface area (Å²) in [7, 11) is 0. The van der Waals surface area contributed by atoms with Gasteiger partial charge < -0.3 is 5.32 Å². The molecule has 108 valence electrons. The van der Waals surface area contributed by atoms with Gasteiger partial charge in [-0.1, -0.05) is 44.9 Å². The molecule has 1 saturated carbocycles. The standard InChI is InChI=1S/C18H21N3/c1-18(2)10-6-5-9-16(18)21-17-14(12-19)11-13-7-3-4-8-15(13)20-17/h3-4,7-8,11,16H,5-6,9-10H2,1-2H3,(H,20,21). The lowest BCUT2D eigenvalue weighted by molar-refractivity contribution is 0.216. The van der Waals surface area contributed by atoms with Crippen molar-refractivity contribution in [2.75, 3.05) is 5.32 Å². The molecule has 1 unspecified atom stereocenters. The number of nitrogens with zero attached hydrogens (tertiary/aromatic N) is 2. The normalized spacial score (nSPS) is 20.9. The molecule has 21 heavy (non-hydrogen) atoms. The molecule has 3 heteroatoms. The van der Waals surface area contributed by atoms with Gasteiger partial charge in [0.25, 0.3) is 0 Å². The van der Waals surface area contributed by atoms with Crippen LogP contribution in [0.3, 0.4) is 0 Å². The van der Waals surface area contributed by atoms with Crippen molar-refractivity contribution in [1.82, 2.24) is 4.98 Å². The minimum Gasteiger partial charge on any atom is -0.366 e. The van der Waals surface area contributed by atoms with Crippen molar-refractivity contribution >= 4 is 16.7 Å². The van der Waals surface area contributed by atoms with Crippen molar-refractivity contribution in [3.05, 3.63) is 35.9 Å². The molecule has 3 nitrogen and oxygen atoms in total. The Morgan fingerprint density at radius 2 is 2.10 bits per heavy atom. The summed E-state index contributed by atoms with van der Waals surface area (Å²) in [6.45, 7) is 4.61. The minimum atomic E-state index is 0.248. The van der Waals surface area contributed by atoms with Crippen molar-refractivity contribution in [2.24, 2.45) is 5.41 Å². The summed E-state index contributed by atoms with van der Waals surface area (Å²) in [4.78, 5) is 4.67. The molecule has 0 spiro atoms. The maximum absolute atomic E-state index is 9.41. The van der Waals surface area contributed by atoms with Crippen LogP contribution in [-0.4, -0.2) is 11.0 Å². The van der Waals surface area contributed by atoms with Crippen molar-refractivity contribution in [2.45, 2.75) is 45.6 Å². The third-order valence-corrected chi connectivity index (χ3v) is 4.66. The molecule has 2 aromatic rings. The first-order valence-electron chi connectivity index (χ1n) is 7.66. The fraction of sp³-hybridized carbons (Fsp3) is 0.444. The van der Waals surface area contributed by atoms with Crippen LogP contribution in [-0.2, 0) is 0 Å². The number of benzene rings is 1. The van der Waals surface area contributed by atoms with E-state index in [9.17, 15) is 5.26 Å². The summed E-state index contributed by atoms with van der Waals surface area (Å²) in [6, 6.07) is 12.5. The lowest BCUT2D eigenvalue weighted by Crippen LogP contribution is -2.39. The van der Waals surface area contributed by atoms with Gasteiger partial charge >= 0.3 is 0 Å². The van der Waals surface area contributed by atoms with Gasteiger partial charge in [0.2, 0.25) is 0 Å². The predicted octanol–water partition coefficient (Wildman–Crippen LogP) is 4.49. The van der Waals surface area contributed by atoms with Crippen LogP contribution in [0.2, 0.25) is 0 Å². The number of hydrogen-bond donors (Lipinski definition) is 1. The average Bonchev–Trinajstić information content (AvgIpc) is 2.48. The highest BCUT2D eigenvalue weighted by atomic mass is 15.0. The summed E-state index contributed by atoms with van der Waals surface area (Å²) in [6.07, 6.45) is 4.91. The maximum Gasteiger partial charge on any atom is 0.144 e. The number of rotatable bonds is 2. The van der Waals surface area contributed by atoms with Crippen LogP contribution in [0, 0.1) is 16.7 Å². The summed E-state index contributed by atoms with van der Waals surface area (Å²) in [5.41, 5.74) is 1.82. The van der Waals surface area contributed by atoms with E-state index in [4.69, 9.17) is 0 Å². The topological polar surface area (TPSA) is 48.7 Å². The van der Waals surface area contributed by atoms with Crippen LogP contribution < -0.4 is 5.32 Å². The smallest absolute Gasteiger partial charge is 0.144 e. The zero-order chi connectivity index (χ0) is 14.9. The van der Waals surface area contributed by atoms with Gasteiger partial charge in [-0.2, -0.15) is 5.26 Å². The van der Waals surface area contributed by atoms with Gasteiger partial charge in [0.1, 0.15) is 11.9 Å². The molecule has 1 heterocycles. The fourth-order valence-electron chi connectivity index (χ4n) is 3.24. The number of fused-ring (bicyclic) bond motifs is 1. The number of para-hydroxylation sites is 1. The number of aromatic nitrogens is 1. The van der Waals surface area contributed by atoms with Crippen LogP contribution in [0.5, 0.6) is 0 Å². The molecule has 1 atom stereocenters. The molecular formula is C18H21N3. The molecule has 3 rings (SSSR count). The average molecular weight is 279 g/mol. The molecule has 0 aliphatic heterocycles. The molecule has 0 bridgehead atoms. The monoisotopic (exact) mass is 279 g/mol. The zero-order valence-corrected chi connectivity index (χ0v) is 12.7. The molecule has 0 saturated heterocycles. The second-order valence-corrected chi connectivity index (χ2v) is 6.62. The highest BCUT2D eigenvalue weighted by Gasteiger charge is 2.32. The molecule has 1 aliphatic rings. The van der Waals surface area contributed by atoms with E-state index >= 15 is 0 Å². The van der Waals surface area contributed by atoms with Crippen LogP contribution in [0.1, 0.15) is 45.1 Å². The van der Waals surface area contributed by atoms with Gasteiger partial charge in [-0.3, -0.25) is 0 Å². The SMILES string of the molecule is CC1(C)CCCCC1Nc1nc2ccccc2cc1C#N. The molecule has 1 fully saturated rings. The maximum atomic E-state index is 9.41. The predicted molar refractivity (Wildman–Crippen MR) is 86.1 cm³/mol. The summed E-state index contributed by atoms with van der Waals surface area (Å²) < 4.78 is 0. The van der Waals surface area contributed by atoms with Crippen molar-refractivity contribution in [3.63, 3.8) is 0 Å². The number of nitrogens with one attached hydrogen (secondary N) is 1. The van der Waals surface area contributed by atoms with Gasteiger partial charge in [0.05, 0.1) is 11.1 Å². The van der Waals surface area contributed by atoms with E-state index in [1.165, 1.54) is 19.3 Å². The molecular weight excluding hydrogens is 258 g/mol. The van der Waals surface area contributed by atoms with E-state index in [1.54, 1.807) is 0 Å². The second kappa shape index (κ2) is 5.37. The Morgan fingerprint density at radius 3 is 2.86 bits per heavy atom. The number of hydrogen-bond acceptors (Lipinski definition) is 3. The Hall–Kier alpha value is -2.08. The molecule has 1 aliphatic carbocycles. The summed E-state index contributed by atoms with van der Waals surface area (Å²) in [5.74, 6) is 0.733. The Kier molecular flexibility index (Phi) is 3.55. The lowest BCUT2D eigenvalue weighted by Gasteiger charge is -2.39. The van der Waals surface area contributed by atoms with Crippen molar-refractivity contribution in [3.8, 4) is 6.07 Å². The van der Waals surface area contributed by atoms with E-state index in [-0.39, 0.29) is 5.41 Å². The van der Waals surface area contributed by atoms with Gasteiger partial charge in [-0.15, -0.1) is 0 Å². The third-order valence-electron chi connectivity index (χ3n) is 4.66. The Morgan fingerprint density at radius 1 is 1.29 bits per heavy atom. The third kappa shape index (κ3) is 2.71. The largest absolute Gasteiger partial charge is 0.366 e. The summed E-state index contributed by atoms with van der Waals surface area (Å²) >= 11 is 0. The molecule has 1 N–H and O–H groups in total. The summed E-state index contributed by atoms with van der Waals surface area (Å²) in [5, 5.41) is 14.0. The lowest BCUT2D eigenvalue weighted by atomic mass is 9.73. The van der Waals surface area contributed by atoms with Gasteiger partial charge in [-0.05, 0) is 30.4 Å². The highest BCUT2D eigenvalue weighted by Crippen LogP contribution is 2.37. The first kappa shape index (κ1) is 13.9. The fourth-order valence-corrected chi connectivity index (χ4v) is 3.24. The van der Waals surface area contributed by atoms with Gasteiger partial charge in [0.15, 0.2) is 0 Å². The number of pyridine rings is 1. The van der Waals surface area contributed by atoms with Gasteiger partial charge in [-0.25, -0.2) is 4.98 Å². The van der Waals surface area contributed by atoms with E-state index in [0.29, 0.717) is 11.6 Å². The number of nitriles is 1. The van der Waals surface area contributed by atoms with Crippen LogP contribution in [0.4, 0.5) is 5.82 Å². The first-order chi connectivity index (χ1) is 10.1. The number of anilines is 1. The van der Waals surface area contributed by atoms with E-state index in [0.717, 1.165) is 23.1 Å². The van der Waals surface area contributed by atoms with Crippen LogP contribution >= 0.6 is 0 Å². The highest BCUT2D eigenvalue weighted by molar-refractivity contribution is 5.82. The second-order valence-electron chi connectivity index (χ2n) is 6.62. The van der Waals surface area contributed by atoms with Gasteiger partial charge in [0, 0.05) is 11.4 Å². The van der Waals surface area contributed by atoms with E-state index in [2.05, 4.69) is 30.2 Å². The van der Waals surface area contributed by atoms with E-state index < -0.39 is 0 Å². The molecule has 1 aromatic carbocycles. The molecule has 0 radical (unpaired) electrons. The quantitative estimate of drug-likeness (QED) is 0.881. The molecule has 0 amide bonds. The van der Waals surface area contributed by atoms with Crippen LogP contribution in [0.25, 0.3) is 10.9 Å². The first-order valence-corrected chi connectivity index (χ1v) is 7.66. The van der Waals surface area contributed by atoms with Crippen molar-refractivity contribution < 1.29 is 0 Å². The zero-order valence-electron chi connectivity index (χ0n) is 12.7. The Balaban J connectivity index is 1.98. The molecule has 1 aromatic heterocycles. The Labute approximate surface area is 126 Å². The Bertz CT molecular complexity index is 697. The van der Waals surface area contributed by atoms with E-state index in [1.807, 2.05) is 30.3 Å². The van der Waals surface area contributed by atoms with Crippen molar-refractivity contribution in [1.29, 1.82) is 5.26 Å². The van der Waals surface area contributed by atoms with Crippen LogP contribution in [0.15, 0.2) is 30.3 Å². The minimum absolute atomic E-state index is 0.248.